The molecule has 8 nitrogen and oxygen atoms in total. The lowest BCUT2D eigenvalue weighted by molar-refractivity contribution is -0.122. The highest BCUT2D eigenvalue weighted by Gasteiger charge is 2.29. The van der Waals surface area contributed by atoms with Crippen LogP contribution in [0.5, 0.6) is 0 Å². The average molecular weight is 519 g/mol. The molecule has 0 radical (unpaired) electrons. The molecule has 6 rings (SSSR count). The van der Waals surface area contributed by atoms with E-state index in [1.54, 1.807) is 12.3 Å². The van der Waals surface area contributed by atoms with Gasteiger partial charge in [-0.25, -0.2) is 4.98 Å². The Balaban J connectivity index is 1.38. The fraction of sp³-hybridized carbons (Fsp3) is 0.226. The van der Waals surface area contributed by atoms with E-state index in [9.17, 15) is 9.59 Å². The van der Waals surface area contributed by atoms with E-state index in [1.165, 1.54) is 0 Å². The van der Waals surface area contributed by atoms with Crippen LogP contribution in [0.4, 0.5) is 0 Å². The van der Waals surface area contributed by atoms with Gasteiger partial charge in [-0.1, -0.05) is 36.4 Å². The Bertz CT molecular complexity index is 1650. The number of nitrogens with two attached hydrogens (primary N) is 1. The Morgan fingerprint density at radius 3 is 2.67 bits per heavy atom. The molecule has 8 heteroatoms. The zero-order chi connectivity index (χ0) is 26.8. The second-order valence-electron chi connectivity index (χ2n) is 10.0. The van der Waals surface area contributed by atoms with Crippen molar-refractivity contribution in [2.75, 3.05) is 6.54 Å². The molecule has 2 aromatic heterocycles. The van der Waals surface area contributed by atoms with Gasteiger partial charge in [-0.15, -0.1) is 0 Å². The van der Waals surface area contributed by atoms with Gasteiger partial charge >= 0.3 is 0 Å². The maximum Gasteiger partial charge on any atom is 0.249 e. The molecule has 4 N–H and O–H groups in total. The number of benzene rings is 3. The molecule has 1 saturated carbocycles. The van der Waals surface area contributed by atoms with E-state index in [0.29, 0.717) is 23.5 Å². The van der Waals surface area contributed by atoms with Crippen molar-refractivity contribution in [3.63, 3.8) is 0 Å². The van der Waals surface area contributed by atoms with Crippen LogP contribution in [0.25, 0.3) is 39.1 Å². The zero-order valence-electron chi connectivity index (χ0n) is 21.6. The summed E-state index contributed by atoms with van der Waals surface area (Å²) in [7, 11) is 0. The largest absolute Gasteiger partial charge is 0.366 e. The number of aryl methyl sites for hydroxylation is 1. The van der Waals surface area contributed by atoms with Crippen molar-refractivity contribution in [2.45, 2.75) is 32.1 Å². The van der Waals surface area contributed by atoms with Crippen LogP contribution in [0.2, 0.25) is 0 Å². The molecule has 0 saturated heterocycles. The van der Waals surface area contributed by atoms with Crippen molar-refractivity contribution in [2.24, 2.45) is 11.7 Å². The third-order valence-electron chi connectivity index (χ3n) is 7.20. The van der Waals surface area contributed by atoms with Crippen LogP contribution >= 0.6 is 0 Å². The lowest BCUT2D eigenvalue weighted by atomic mass is 9.93. The number of aromatic amines is 1. The van der Waals surface area contributed by atoms with Crippen LogP contribution in [0.15, 0.2) is 79.1 Å². The number of amides is 2. The number of rotatable bonds is 10. The summed E-state index contributed by atoms with van der Waals surface area (Å²) in [5, 5.41) is 11.1. The fourth-order valence-corrected chi connectivity index (χ4v) is 4.99. The fourth-order valence-electron chi connectivity index (χ4n) is 4.99. The molecule has 1 fully saturated rings. The monoisotopic (exact) mass is 518 g/mol. The summed E-state index contributed by atoms with van der Waals surface area (Å²) in [6.07, 6.45) is 8.35. The Kier molecular flexibility index (Phi) is 6.67. The maximum atomic E-state index is 12.7. The van der Waals surface area contributed by atoms with Gasteiger partial charge in [-0.2, -0.15) is 5.10 Å². The first-order chi connectivity index (χ1) is 19.1. The van der Waals surface area contributed by atoms with Crippen LogP contribution in [0.3, 0.4) is 0 Å². The Labute approximate surface area is 226 Å². The number of nitrogens with one attached hydrogen (secondary N) is 2. The van der Waals surface area contributed by atoms with Gasteiger partial charge in [0.05, 0.1) is 23.0 Å². The van der Waals surface area contributed by atoms with E-state index in [1.807, 2.05) is 65.4 Å². The van der Waals surface area contributed by atoms with Gasteiger partial charge in [-0.05, 0) is 73.6 Å². The van der Waals surface area contributed by atoms with E-state index in [4.69, 9.17) is 10.7 Å². The quantitative estimate of drug-likeness (QED) is 0.225. The number of unbranched alkanes of at least 4 members (excludes halogenated alkanes) is 1. The Morgan fingerprint density at radius 2 is 1.87 bits per heavy atom. The summed E-state index contributed by atoms with van der Waals surface area (Å²) in [6, 6.07) is 21.6. The number of primary amides is 1. The van der Waals surface area contributed by atoms with Crippen LogP contribution < -0.4 is 11.1 Å². The highest BCUT2D eigenvalue weighted by molar-refractivity contribution is 6.04. The van der Waals surface area contributed by atoms with Crippen LogP contribution in [-0.2, 0) is 11.2 Å². The third-order valence-corrected chi connectivity index (χ3v) is 7.20. The number of H-pyrrole nitrogens is 1. The van der Waals surface area contributed by atoms with Gasteiger partial charge in [0.15, 0.2) is 0 Å². The molecule has 2 heterocycles. The van der Waals surface area contributed by atoms with Crippen molar-refractivity contribution in [1.82, 2.24) is 25.1 Å². The summed E-state index contributed by atoms with van der Waals surface area (Å²) < 4.78 is 2.03. The molecule has 0 unspecified atom stereocenters. The molecule has 0 bridgehead atoms. The molecule has 5 aromatic rings. The molecule has 1 aliphatic carbocycles. The first-order valence-corrected chi connectivity index (χ1v) is 13.4. The molecule has 0 aliphatic heterocycles. The lowest BCUT2D eigenvalue weighted by Crippen LogP contribution is -2.25. The highest BCUT2D eigenvalue weighted by atomic mass is 16.2. The van der Waals surface area contributed by atoms with E-state index in [0.717, 1.165) is 65.5 Å². The molecular weight excluding hydrogens is 488 g/mol. The van der Waals surface area contributed by atoms with Crippen molar-refractivity contribution < 1.29 is 9.59 Å². The highest BCUT2D eigenvalue weighted by Crippen LogP contribution is 2.37. The molecule has 39 heavy (non-hydrogen) atoms. The summed E-state index contributed by atoms with van der Waals surface area (Å²) in [6.45, 7) is 0.673. The predicted molar refractivity (Wildman–Crippen MR) is 151 cm³/mol. The molecule has 0 atom stereocenters. The van der Waals surface area contributed by atoms with Gasteiger partial charge in [0, 0.05) is 35.3 Å². The summed E-state index contributed by atoms with van der Waals surface area (Å²) in [5.74, 6) is 0.555. The molecule has 2 amide bonds. The van der Waals surface area contributed by atoms with Gasteiger partial charge in [0.25, 0.3) is 0 Å². The predicted octanol–water partition coefficient (Wildman–Crippen LogP) is 5.03. The minimum atomic E-state index is -0.508. The lowest BCUT2D eigenvalue weighted by Gasteiger charge is -2.15. The zero-order valence-corrected chi connectivity index (χ0v) is 21.6. The maximum absolute atomic E-state index is 12.7. The normalized spacial score (nSPS) is 13.0. The van der Waals surface area contributed by atoms with Crippen LogP contribution in [-0.4, -0.2) is 38.1 Å². The smallest absolute Gasteiger partial charge is 0.249 e. The summed E-state index contributed by atoms with van der Waals surface area (Å²) in [5.41, 5.74) is 11.6. The van der Waals surface area contributed by atoms with Crippen molar-refractivity contribution >= 4 is 22.7 Å². The minimum absolute atomic E-state index is 0.176. The summed E-state index contributed by atoms with van der Waals surface area (Å²) >= 11 is 0. The van der Waals surface area contributed by atoms with Crippen LogP contribution in [0, 0.1) is 5.92 Å². The van der Waals surface area contributed by atoms with E-state index in [-0.39, 0.29) is 11.8 Å². The SMILES string of the molecule is NC(=O)c1cccc(-c2ccc3[nH]ncc3c2)c1-c1nc(CCCCNC(=O)C2CC2)cn1-c1ccccc1. The van der Waals surface area contributed by atoms with Gasteiger partial charge in [0.2, 0.25) is 11.8 Å². The topological polar surface area (TPSA) is 119 Å². The number of aromatic nitrogens is 4. The number of carbonyl (C=O) groups is 2. The number of hydrogen-bond acceptors (Lipinski definition) is 4. The van der Waals surface area contributed by atoms with E-state index < -0.39 is 5.91 Å². The standard InChI is InChI=1S/C31H30N6O2/c32-29(38)26-11-6-10-25(21-14-15-27-22(17-21)18-34-36-27)28(26)30-35-23(19-37(30)24-8-2-1-3-9-24)7-4-5-16-33-31(39)20-12-13-20/h1-3,6,8-11,14-15,17-20H,4-5,7,12-13,16H2,(H2,32,38)(H,33,39)(H,34,36). The number of imidazole rings is 1. The number of nitrogens with zero attached hydrogens (tertiary/aromatic N) is 3. The average Bonchev–Trinajstić information content (AvgIpc) is 3.56. The van der Waals surface area contributed by atoms with Gasteiger partial charge < -0.3 is 11.1 Å². The molecule has 0 spiro atoms. The van der Waals surface area contributed by atoms with Crippen molar-refractivity contribution in [3.05, 3.63) is 90.4 Å². The second kappa shape index (κ2) is 10.6. The molecule has 1 aliphatic rings. The van der Waals surface area contributed by atoms with Crippen molar-refractivity contribution in [1.29, 1.82) is 0 Å². The number of hydrogen-bond donors (Lipinski definition) is 3. The number of fused-ring (bicyclic) bond motifs is 1. The number of carbonyl (C=O) groups excluding carboxylic acids is 2. The van der Waals surface area contributed by atoms with Gasteiger partial charge in [-0.3, -0.25) is 19.3 Å². The van der Waals surface area contributed by atoms with E-state index >= 15 is 0 Å². The van der Waals surface area contributed by atoms with Crippen LogP contribution in [0.1, 0.15) is 41.7 Å². The molecular formula is C31H30N6O2. The second-order valence-corrected chi connectivity index (χ2v) is 10.0. The van der Waals surface area contributed by atoms with Gasteiger partial charge in [0.1, 0.15) is 5.82 Å². The Morgan fingerprint density at radius 1 is 1.03 bits per heavy atom. The summed E-state index contributed by atoms with van der Waals surface area (Å²) in [4.78, 5) is 29.7. The number of para-hydroxylation sites is 1. The van der Waals surface area contributed by atoms with E-state index in [2.05, 4.69) is 21.6 Å². The first-order valence-electron chi connectivity index (χ1n) is 13.4. The molecule has 3 aromatic carbocycles. The van der Waals surface area contributed by atoms with Crippen molar-refractivity contribution in [3.8, 4) is 28.2 Å². The Hall–Kier alpha value is -4.72. The third kappa shape index (κ3) is 5.18. The molecule has 196 valence electrons. The minimum Gasteiger partial charge on any atom is -0.366 e. The first kappa shape index (κ1) is 24.6.